The summed E-state index contributed by atoms with van der Waals surface area (Å²) in [6.07, 6.45) is 7.48. The van der Waals surface area contributed by atoms with E-state index in [4.69, 9.17) is 9.84 Å². The van der Waals surface area contributed by atoms with Crippen LogP contribution in [0.4, 0.5) is 5.69 Å². The number of aromatic nitrogens is 2. The smallest absolute Gasteiger partial charge is 0.259 e. The van der Waals surface area contributed by atoms with Crippen LogP contribution >= 0.6 is 0 Å². The number of amides is 3. The van der Waals surface area contributed by atoms with Crippen molar-refractivity contribution in [3.63, 3.8) is 0 Å². The molecule has 1 atom stereocenters. The maximum Gasteiger partial charge on any atom is 0.259 e. The molecule has 2 aromatic carbocycles. The molecule has 0 aliphatic carbocycles. The Morgan fingerprint density at radius 1 is 1.08 bits per heavy atom. The van der Waals surface area contributed by atoms with Crippen molar-refractivity contribution in [2.75, 3.05) is 31.6 Å². The summed E-state index contributed by atoms with van der Waals surface area (Å²) in [6.45, 7) is 7.23. The number of methoxy groups -OCH3 is 1. The van der Waals surface area contributed by atoms with Crippen LogP contribution in [-0.4, -0.2) is 70.8 Å². The quantitative estimate of drug-likeness (QED) is 0.471. The number of benzene rings is 2. The molecular formula is C30H35N5O4. The first kappa shape index (κ1) is 25.7. The molecule has 1 N–H and O–H groups in total. The molecule has 39 heavy (non-hydrogen) atoms. The highest BCUT2D eigenvalue weighted by atomic mass is 16.5. The molecule has 0 bridgehead atoms. The number of nitrogens with zero attached hydrogens (tertiary/aromatic N) is 4. The third kappa shape index (κ3) is 4.74. The van der Waals surface area contributed by atoms with Crippen molar-refractivity contribution in [2.45, 2.75) is 63.6 Å². The van der Waals surface area contributed by atoms with Gasteiger partial charge in [-0.25, -0.2) is 0 Å². The van der Waals surface area contributed by atoms with E-state index in [1.807, 2.05) is 36.5 Å². The fourth-order valence-electron chi connectivity index (χ4n) is 6.29. The highest BCUT2D eigenvalue weighted by Gasteiger charge is 2.40. The zero-order valence-corrected chi connectivity index (χ0v) is 22.8. The van der Waals surface area contributed by atoms with E-state index in [-0.39, 0.29) is 23.8 Å². The Balaban J connectivity index is 1.20. The maximum absolute atomic E-state index is 13.4. The van der Waals surface area contributed by atoms with Crippen LogP contribution in [0.2, 0.25) is 0 Å². The number of imide groups is 1. The zero-order valence-electron chi connectivity index (χ0n) is 22.8. The Morgan fingerprint density at radius 3 is 2.62 bits per heavy atom. The summed E-state index contributed by atoms with van der Waals surface area (Å²) in [4.78, 5) is 41.7. The summed E-state index contributed by atoms with van der Waals surface area (Å²) in [5, 5.41) is 8.99. The van der Waals surface area contributed by atoms with E-state index >= 15 is 0 Å². The van der Waals surface area contributed by atoms with Gasteiger partial charge in [0, 0.05) is 56.7 Å². The van der Waals surface area contributed by atoms with Crippen LogP contribution in [-0.2, 0) is 20.7 Å². The molecule has 4 heterocycles. The second kappa shape index (κ2) is 9.88. The fraction of sp³-hybridized carbons (Fsp3) is 0.467. The number of piperidine rings is 2. The number of rotatable bonds is 7. The molecule has 0 spiro atoms. The van der Waals surface area contributed by atoms with Crippen molar-refractivity contribution < 1.29 is 19.1 Å². The van der Waals surface area contributed by atoms with Crippen LogP contribution in [0.3, 0.4) is 0 Å². The molecule has 9 nitrogen and oxygen atoms in total. The minimum atomic E-state index is -0.679. The van der Waals surface area contributed by atoms with Crippen molar-refractivity contribution in [2.24, 2.45) is 0 Å². The first-order chi connectivity index (χ1) is 18.7. The van der Waals surface area contributed by atoms with Gasteiger partial charge >= 0.3 is 0 Å². The number of carbonyl (C=O) groups is 3. The van der Waals surface area contributed by atoms with Gasteiger partial charge in [-0.05, 0) is 61.8 Å². The topological polar surface area (TPSA) is 96.8 Å². The molecular weight excluding hydrogens is 494 g/mol. The van der Waals surface area contributed by atoms with E-state index in [0.29, 0.717) is 24.4 Å². The van der Waals surface area contributed by atoms with Crippen molar-refractivity contribution in [3.8, 4) is 0 Å². The summed E-state index contributed by atoms with van der Waals surface area (Å²) >= 11 is 0. The van der Waals surface area contributed by atoms with E-state index < -0.39 is 11.9 Å². The van der Waals surface area contributed by atoms with Gasteiger partial charge in [0.1, 0.15) is 6.04 Å². The zero-order chi connectivity index (χ0) is 27.3. The summed E-state index contributed by atoms with van der Waals surface area (Å²) in [6, 6.07) is 9.46. The molecule has 0 saturated carbocycles. The Labute approximate surface area is 228 Å². The number of hydrogen-bond donors (Lipinski definition) is 1. The van der Waals surface area contributed by atoms with E-state index in [1.165, 1.54) is 0 Å². The molecule has 3 aromatic rings. The molecule has 2 fully saturated rings. The molecule has 1 unspecified atom stereocenters. The van der Waals surface area contributed by atoms with Gasteiger partial charge in [-0.15, -0.1) is 0 Å². The van der Waals surface area contributed by atoms with Crippen LogP contribution in [0, 0.1) is 0 Å². The third-order valence-corrected chi connectivity index (χ3v) is 8.48. The summed E-state index contributed by atoms with van der Waals surface area (Å²) in [7, 11) is 1.77. The summed E-state index contributed by atoms with van der Waals surface area (Å²) in [5.41, 5.74) is 3.44. The number of likely N-dealkylation sites (tertiary alicyclic amines) is 1. The lowest BCUT2D eigenvalue weighted by Crippen LogP contribution is -2.53. The van der Waals surface area contributed by atoms with Gasteiger partial charge in [-0.1, -0.05) is 18.2 Å². The average Bonchev–Trinajstić information content (AvgIpc) is 3.50. The molecule has 3 aliphatic heterocycles. The van der Waals surface area contributed by atoms with Gasteiger partial charge in [0.25, 0.3) is 5.91 Å². The van der Waals surface area contributed by atoms with Gasteiger partial charge in [-0.3, -0.25) is 29.3 Å². The maximum atomic E-state index is 13.4. The number of hydrogen-bond acceptors (Lipinski definition) is 6. The van der Waals surface area contributed by atoms with Crippen LogP contribution in [0.1, 0.15) is 67.1 Å². The average molecular weight is 530 g/mol. The Morgan fingerprint density at radius 2 is 1.87 bits per heavy atom. The molecule has 3 aliphatic rings. The second-order valence-corrected chi connectivity index (χ2v) is 11.6. The van der Waals surface area contributed by atoms with E-state index in [9.17, 15) is 14.4 Å². The predicted molar refractivity (Wildman–Crippen MR) is 148 cm³/mol. The molecule has 6 rings (SSSR count). The normalized spacial score (nSPS) is 20.7. The lowest BCUT2D eigenvalue weighted by molar-refractivity contribution is -0.134. The van der Waals surface area contributed by atoms with Crippen molar-refractivity contribution >= 4 is 34.2 Å². The minimum Gasteiger partial charge on any atom is -0.377 e. The molecule has 3 amide bonds. The minimum absolute atomic E-state index is 0.144. The van der Waals surface area contributed by atoms with E-state index in [2.05, 4.69) is 34.9 Å². The number of carbonyl (C=O) groups excluding carboxylic acids is 3. The van der Waals surface area contributed by atoms with Crippen LogP contribution in [0.15, 0.2) is 42.7 Å². The lowest BCUT2D eigenvalue weighted by atomic mass is 9.97. The highest BCUT2D eigenvalue weighted by Crippen LogP contribution is 2.41. The monoisotopic (exact) mass is 529 g/mol. The first-order valence-electron chi connectivity index (χ1n) is 13.8. The second-order valence-electron chi connectivity index (χ2n) is 11.6. The third-order valence-electron chi connectivity index (χ3n) is 8.48. The lowest BCUT2D eigenvalue weighted by Gasteiger charge is -2.36. The first-order valence-corrected chi connectivity index (χ1v) is 13.8. The standard InChI is InChI=1S/C30H35N5O4/c1-30(2,39-3)18-33-13-11-21(12-14-33)34-17-19(16-31-34)15-20-7-8-24-27-22(20)5-4-6-23(27)29(38)35(24)25-9-10-26(36)32-28(25)37/h4-8,16-17,21,25H,9-15,18H2,1-3H3,(H,32,36,37). The molecule has 2 saturated heterocycles. The molecule has 0 radical (unpaired) electrons. The van der Waals surface area contributed by atoms with Crippen molar-refractivity contribution in [3.05, 3.63) is 59.4 Å². The Hall–Kier alpha value is -3.56. The molecule has 1 aromatic heterocycles. The Bertz CT molecular complexity index is 1450. The molecule has 9 heteroatoms. The van der Waals surface area contributed by atoms with Crippen molar-refractivity contribution in [1.82, 2.24) is 20.0 Å². The predicted octanol–water partition coefficient (Wildman–Crippen LogP) is 3.45. The summed E-state index contributed by atoms with van der Waals surface area (Å²) in [5.74, 6) is -0.886. The number of anilines is 1. The van der Waals surface area contributed by atoms with Gasteiger partial charge < -0.3 is 9.64 Å². The van der Waals surface area contributed by atoms with E-state index in [0.717, 1.165) is 60.1 Å². The van der Waals surface area contributed by atoms with Gasteiger partial charge in [0.05, 0.1) is 23.5 Å². The van der Waals surface area contributed by atoms with E-state index in [1.54, 1.807) is 12.0 Å². The van der Waals surface area contributed by atoms with Crippen molar-refractivity contribution in [1.29, 1.82) is 0 Å². The SMILES string of the molecule is COC(C)(C)CN1CCC(n2cc(Cc3ccc4c5c(cccc35)C(=O)N4C3CCC(=O)NC3=O)cn2)CC1. The molecule has 204 valence electrons. The Kier molecular flexibility index (Phi) is 6.51. The number of nitrogens with one attached hydrogen (secondary N) is 1. The largest absolute Gasteiger partial charge is 0.377 e. The van der Waals surface area contributed by atoms with Gasteiger partial charge in [0.2, 0.25) is 11.8 Å². The van der Waals surface area contributed by atoms with Crippen LogP contribution < -0.4 is 10.2 Å². The fourth-order valence-corrected chi connectivity index (χ4v) is 6.29. The highest BCUT2D eigenvalue weighted by molar-refractivity contribution is 6.27. The number of ether oxygens (including phenoxy) is 1. The summed E-state index contributed by atoms with van der Waals surface area (Å²) < 4.78 is 7.72. The van der Waals surface area contributed by atoms with Gasteiger partial charge in [-0.2, -0.15) is 5.10 Å². The van der Waals surface area contributed by atoms with Gasteiger partial charge in [0.15, 0.2) is 0 Å². The van der Waals surface area contributed by atoms with Crippen LogP contribution in [0.25, 0.3) is 10.8 Å². The van der Waals surface area contributed by atoms with Crippen LogP contribution in [0.5, 0.6) is 0 Å².